The highest BCUT2D eigenvalue weighted by molar-refractivity contribution is 8.01. The monoisotopic (exact) mass is 315 g/mol. The number of nitrogens with two attached hydrogens (primary N) is 1. The topological polar surface area (TPSA) is 50.1 Å². The smallest absolute Gasteiger partial charge is 0.129 e. The molecule has 20 heavy (non-hydrogen) atoms. The van der Waals surface area contributed by atoms with Gasteiger partial charge in [0.15, 0.2) is 0 Å². The van der Waals surface area contributed by atoms with Crippen molar-refractivity contribution in [2.75, 3.05) is 13.6 Å². The van der Waals surface area contributed by atoms with E-state index in [0.29, 0.717) is 29.6 Å². The van der Waals surface area contributed by atoms with Gasteiger partial charge in [0.25, 0.3) is 0 Å². The van der Waals surface area contributed by atoms with E-state index in [9.17, 15) is 4.39 Å². The molecule has 0 aromatic heterocycles. The second kappa shape index (κ2) is 7.31. The number of allylic oxidation sites excluding steroid dienone is 1. The summed E-state index contributed by atoms with van der Waals surface area (Å²) >= 11 is 7.24. The number of rotatable bonds is 7. The normalized spacial score (nSPS) is 16.0. The van der Waals surface area contributed by atoms with Crippen molar-refractivity contribution in [1.29, 1.82) is 0 Å². The molecule has 0 radical (unpaired) electrons. The highest BCUT2D eigenvalue weighted by atomic mass is 35.5. The van der Waals surface area contributed by atoms with Crippen LogP contribution < -0.4 is 15.8 Å². The lowest BCUT2D eigenvalue weighted by atomic mass is 10.2. The molecular formula is C14H19ClFN3S. The van der Waals surface area contributed by atoms with E-state index in [0.717, 1.165) is 4.91 Å². The molecule has 0 aliphatic heterocycles. The van der Waals surface area contributed by atoms with Gasteiger partial charge in [-0.05, 0) is 42.8 Å². The van der Waals surface area contributed by atoms with Crippen LogP contribution in [0.4, 0.5) is 4.39 Å². The van der Waals surface area contributed by atoms with Gasteiger partial charge in [-0.15, -0.1) is 0 Å². The number of benzene rings is 1. The molecule has 0 bridgehead atoms. The summed E-state index contributed by atoms with van der Waals surface area (Å²) in [7, 11) is 1.91. The predicted molar refractivity (Wildman–Crippen MR) is 83.7 cm³/mol. The van der Waals surface area contributed by atoms with E-state index in [2.05, 4.69) is 10.6 Å². The zero-order chi connectivity index (χ0) is 14.5. The molecule has 1 fully saturated rings. The van der Waals surface area contributed by atoms with Crippen molar-refractivity contribution in [2.45, 2.75) is 19.4 Å². The minimum atomic E-state index is -0.285. The number of hydrogen-bond acceptors (Lipinski definition) is 4. The molecule has 0 atom stereocenters. The molecule has 0 spiro atoms. The Balaban J connectivity index is 1.97. The molecule has 1 aliphatic carbocycles. The van der Waals surface area contributed by atoms with Gasteiger partial charge in [-0.25, -0.2) is 4.39 Å². The van der Waals surface area contributed by atoms with Crippen LogP contribution in [0.3, 0.4) is 0 Å². The Morgan fingerprint density at radius 3 is 2.80 bits per heavy atom. The van der Waals surface area contributed by atoms with Crippen molar-refractivity contribution >= 4 is 23.5 Å². The van der Waals surface area contributed by atoms with Crippen LogP contribution in [-0.4, -0.2) is 13.6 Å². The van der Waals surface area contributed by atoms with Crippen molar-refractivity contribution in [1.82, 2.24) is 10.6 Å². The van der Waals surface area contributed by atoms with E-state index in [1.165, 1.54) is 36.6 Å². The van der Waals surface area contributed by atoms with Gasteiger partial charge >= 0.3 is 0 Å². The first-order valence-electron chi connectivity index (χ1n) is 6.58. The largest absolute Gasteiger partial charge is 0.390 e. The zero-order valence-electron chi connectivity index (χ0n) is 11.4. The van der Waals surface area contributed by atoms with Crippen LogP contribution in [0.15, 0.2) is 28.8 Å². The Hall–Kier alpha value is -0.750. The maximum Gasteiger partial charge on any atom is 0.129 e. The quantitative estimate of drug-likeness (QED) is 0.677. The summed E-state index contributed by atoms with van der Waals surface area (Å²) in [6.45, 7) is 0.996. The first-order chi connectivity index (χ1) is 9.67. The van der Waals surface area contributed by atoms with E-state index in [1.807, 2.05) is 7.05 Å². The molecule has 0 unspecified atom stereocenters. The molecule has 1 aromatic carbocycles. The summed E-state index contributed by atoms with van der Waals surface area (Å²) in [6.07, 6.45) is 2.42. The van der Waals surface area contributed by atoms with Crippen LogP contribution in [0.5, 0.6) is 0 Å². The molecule has 4 N–H and O–H groups in total. The summed E-state index contributed by atoms with van der Waals surface area (Å²) in [4.78, 5) is 1.07. The third-order valence-electron chi connectivity index (χ3n) is 3.35. The lowest BCUT2D eigenvalue weighted by Gasteiger charge is -2.14. The van der Waals surface area contributed by atoms with E-state index in [1.54, 1.807) is 12.1 Å². The van der Waals surface area contributed by atoms with Crippen molar-refractivity contribution < 1.29 is 4.39 Å². The average Bonchev–Trinajstić information content (AvgIpc) is 3.25. The maximum absolute atomic E-state index is 13.6. The Kier molecular flexibility index (Phi) is 5.72. The van der Waals surface area contributed by atoms with Gasteiger partial charge in [0.05, 0.1) is 0 Å². The van der Waals surface area contributed by atoms with Crippen LogP contribution in [0, 0.1) is 11.7 Å². The highest BCUT2D eigenvalue weighted by Gasteiger charge is 2.27. The van der Waals surface area contributed by atoms with Crippen molar-refractivity contribution in [3.63, 3.8) is 0 Å². The lowest BCUT2D eigenvalue weighted by molar-refractivity contribution is 0.596. The molecule has 2 rings (SSSR count). The van der Waals surface area contributed by atoms with Crippen molar-refractivity contribution in [3.05, 3.63) is 45.2 Å². The standard InChI is InChI=1S/C14H19ClFN3S/c1-18-14(9-5-6-9)13(20-17)8-19-7-10-11(15)3-2-4-12(10)16/h2-4,9,18-19H,5-8,17H2,1H3/b14-13-. The van der Waals surface area contributed by atoms with Crippen molar-refractivity contribution in [3.8, 4) is 0 Å². The average molecular weight is 316 g/mol. The van der Waals surface area contributed by atoms with Gasteiger partial charge < -0.3 is 10.6 Å². The molecule has 1 aromatic rings. The molecule has 0 saturated heterocycles. The summed E-state index contributed by atoms with van der Waals surface area (Å²) < 4.78 is 13.6. The molecule has 0 amide bonds. The fourth-order valence-electron chi connectivity index (χ4n) is 2.15. The van der Waals surface area contributed by atoms with Crippen molar-refractivity contribution in [2.24, 2.45) is 11.1 Å². The van der Waals surface area contributed by atoms with E-state index >= 15 is 0 Å². The Morgan fingerprint density at radius 1 is 1.50 bits per heavy atom. The summed E-state index contributed by atoms with van der Waals surface area (Å²) in [6, 6.07) is 4.72. The van der Waals surface area contributed by atoms with Crippen LogP contribution in [-0.2, 0) is 6.54 Å². The number of hydrogen-bond donors (Lipinski definition) is 3. The minimum Gasteiger partial charge on any atom is -0.390 e. The van der Waals surface area contributed by atoms with Crippen LogP contribution in [0.2, 0.25) is 5.02 Å². The third kappa shape index (κ3) is 3.88. The number of halogens is 2. The Labute approximate surface area is 128 Å². The molecule has 1 saturated carbocycles. The summed E-state index contributed by atoms with van der Waals surface area (Å²) in [5.74, 6) is 0.317. The predicted octanol–water partition coefficient (Wildman–Crippen LogP) is 3.02. The van der Waals surface area contributed by atoms with Crippen LogP contribution in [0.1, 0.15) is 18.4 Å². The molecule has 110 valence electrons. The third-order valence-corrected chi connectivity index (χ3v) is 4.35. The van der Waals surface area contributed by atoms with Gasteiger partial charge in [0.2, 0.25) is 0 Å². The van der Waals surface area contributed by atoms with E-state index in [-0.39, 0.29) is 5.82 Å². The lowest BCUT2D eigenvalue weighted by Crippen LogP contribution is -2.21. The Morgan fingerprint density at radius 2 is 2.25 bits per heavy atom. The second-order valence-electron chi connectivity index (χ2n) is 4.78. The van der Waals surface area contributed by atoms with E-state index in [4.69, 9.17) is 16.7 Å². The van der Waals surface area contributed by atoms with Gasteiger partial charge in [0, 0.05) is 41.3 Å². The molecule has 3 nitrogen and oxygen atoms in total. The first kappa shape index (κ1) is 15.6. The molecular weight excluding hydrogens is 297 g/mol. The van der Waals surface area contributed by atoms with Gasteiger partial charge in [-0.1, -0.05) is 17.7 Å². The second-order valence-corrected chi connectivity index (χ2v) is 5.92. The Bertz CT molecular complexity index is 483. The maximum atomic E-state index is 13.6. The van der Waals surface area contributed by atoms with Gasteiger partial charge in [-0.2, -0.15) is 0 Å². The van der Waals surface area contributed by atoms with Crippen LogP contribution in [0.25, 0.3) is 0 Å². The SMILES string of the molecule is CN/C(=C(/CNCc1c(F)cccc1Cl)SN)C1CC1. The van der Waals surface area contributed by atoms with Gasteiger partial charge in [-0.3, -0.25) is 5.14 Å². The molecule has 0 heterocycles. The summed E-state index contributed by atoms with van der Waals surface area (Å²) in [5.41, 5.74) is 1.69. The minimum absolute atomic E-state index is 0.285. The summed E-state index contributed by atoms with van der Waals surface area (Å²) in [5, 5.41) is 12.6. The first-order valence-corrected chi connectivity index (χ1v) is 7.84. The van der Waals surface area contributed by atoms with Crippen LogP contribution >= 0.6 is 23.5 Å². The molecule has 6 heteroatoms. The fourth-order valence-corrected chi connectivity index (χ4v) is 2.96. The highest BCUT2D eigenvalue weighted by Crippen LogP contribution is 2.37. The molecule has 1 aliphatic rings. The number of nitrogens with one attached hydrogen (secondary N) is 2. The van der Waals surface area contributed by atoms with E-state index < -0.39 is 0 Å². The zero-order valence-corrected chi connectivity index (χ0v) is 13.0. The van der Waals surface area contributed by atoms with Gasteiger partial charge in [0.1, 0.15) is 5.82 Å². The fraction of sp³-hybridized carbons (Fsp3) is 0.429.